The third-order valence-corrected chi connectivity index (χ3v) is 3.86. The van der Waals surface area contributed by atoms with E-state index in [1.807, 2.05) is 0 Å². The number of hydrogen-bond donors (Lipinski definition) is 2. The molecule has 3 nitrogen and oxygen atoms in total. The average Bonchev–Trinajstić information content (AvgIpc) is 2.62. The van der Waals surface area contributed by atoms with Gasteiger partial charge in [0, 0.05) is 19.0 Å². The minimum atomic E-state index is 0. The lowest BCUT2D eigenvalue weighted by atomic mass is 10.1. The maximum absolute atomic E-state index is 11.6. The first-order valence-electron chi connectivity index (χ1n) is 6.08. The number of amides is 1. The highest BCUT2D eigenvalue weighted by molar-refractivity contribution is 5.85. The molecule has 2 N–H and O–H groups in total. The molecule has 4 heteroatoms. The van der Waals surface area contributed by atoms with E-state index in [-0.39, 0.29) is 18.3 Å². The van der Waals surface area contributed by atoms with E-state index in [9.17, 15) is 4.79 Å². The predicted molar refractivity (Wildman–Crippen MR) is 67.8 cm³/mol. The van der Waals surface area contributed by atoms with Gasteiger partial charge < -0.3 is 10.6 Å². The summed E-state index contributed by atoms with van der Waals surface area (Å²) in [5.41, 5.74) is 0.471. The molecule has 0 radical (unpaired) electrons. The molecular formula is C12H23ClN2O. The number of rotatable bonds is 4. The fraction of sp³-hybridized carbons (Fsp3) is 0.917. The summed E-state index contributed by atoms with van der Waals surface area (Å²) in [6, 6.07) is 0.428. The summed E-state index contributed by atoms with van der Waals surface area (Å²) in [6.07, 6.45) is 4.29. The fourth-order valence-electron chi connectivity index (χ4n) is 2.39. The second-order valence-corrected chi connectivity index (χ2v) is 5.69. The van der Waals surface area contributed by atoms with E-state index in [1.165, 1.54) is 12.8 Å². The van der Waals surface area contributed by atoms with Crippen LogP contribution in [-0.2, 0) is 4.79 Å². The summed E-state index contributed by atoms with van der Waals surface area (Å²) >= 11 is 0. The SMILES string of the molecule is CC1(C)CC1CNC(=O)CC1CCCN1.Cl. The highest BCUT2D eigenvalue weighted by Gasteiger charge is 2.45. The van der Waals surface area contributed by atoms with Crippen molar-refractivity contribution in [3.8, 4) is 0 Å². The lowest BCUT2D eigenvalue weighted by Gasteiger charge is -2.10. The molecule has 1 heterocycles. The van der Waals surface area contributed by atoms with Gasteiger partial charge in [0.1, 0.15) is 0 Å². The van der Waals surface area contributed by atoms with Gasteiger partial charge in [0.2, 0.25) is 5.91 Å². The summed E-state index contributed by atoms with van der Waals surface area (Å²) in [4.78, 5) is 11.6. The summed E-state index contributed by atoms with van der Waals surface area (Å²) in [5.74, 6) is 0.926. The Labute approximate surface area is 104 Å². The monoisotopic (exact) mass is 246 g/mol. The molecule has 0 aromatic heterocycles. The van der Waals surface area contributed by atoms with Crippen LogP contribution in [0.15, 0.2) is 0 Å². The zero-order valence-corrected chi connectivity index (χ0v) is 11.0. The minimum absolute atomic E-state index is 0. The van der Waals surface area contributed by atoms with Crippen molar-refractivity contribution in [2.75, 3.05) is 13.1 Å². The summed E-state index contributed by atoms with van der Waals surface area (Å²) in [5, 5.41) is 6.39. The van der Waals surface area contributed by atoms with Crippen LogP contribution in [0.2, 0.25) is 0 Å². The van der Waals surface area contributed by atoms with E-state index >= 15 is 0 Å². The number of carbonyl (C=O) groups excluding carboxylic acids is 1. The molecule has 0 bridgehead atoms. The Morgan fingerprint density at radius 3 is 2.69 bits per heavy atom. The largest absolute Gasteiger partial charge is 0.356 e. The van der Waals surface area contributed by atoms with E-state index in [0.29, 0.717) is 23.8 Å². The van der Waals surface area contributed by atoms with Crippen LogP contribution >= 0.6 is 12.4 Å². The third kappa shape index (κ3) is 3.63. The van der Waals surface area contributed by atoms with Crippen LogP contribution in [0.5, 0.6) is 0 Å². The molecule has 1 saturated heterocycles. The highest BCUT2D eigenvalue weighted by Crippen LogP contribution is 2.50. The molecule has 94 valence electrons. The van der Waals surface area contributed by atoms with Crippen molar-refractivity contribution in [2.45, 2.75) is 45.6 Å². The Hall–Kier alpha value is -0.280. The molecule has 1 aliphatic heterocycles. The fourth-order valence-corrected chi connectivity index (χ4v) is 2.39. The van der Waals surface area contributed by atoms with Gasteiger partial charge in [-0.05, 0) is 37.1 Å². The average molecular weight is 247 g/mol. The van der Waals surface area contributed by atoms with Crippen molar-refractivity contribution in [2.24, 2.45) is 11.3 Å². The van der Waals surface area contributed by atoms with Gasteiger partial charge in [0.05, 0.1) is 0 Å². The van der Waals surface area contributed by atoms with Crippen LogP contribution in [0.3, 0.4) is 0 Å². The highest BCUT2D eigenvalue weighted by atomic mass is 35.5. The summed E-state index contributed by atoms with van der Waals surface area (Å²) < 4.78 is 0. The second-order valence-electron chi connectivity index (χ2n) is 5.69. The van der Waals surface area contributed by atoms with Gasteiger partial charge in [-0.1, -0.05) is 13.8 Å². The number of hydrogen-bond acceptors (Lipinski definition) is 2. The van der Waals surface area contributed by atoms with Crippen LogP contribution in [0.4, 0.5) is 0 Å². The van der Waals surface area contributed by atoms with Gasteiger partial charge in [-0.25, -0.2) is 0 Å². The van der Waals surface area contributed by atoms with Crippen molar-refractivity contribution in [1.29, 1.82) is 0 Å². The molecule has 2 atom stereocenters. The number of nitrogens with one attached hydrogen (secondary N) is 2. The second kappa shape index (κ2) is 5.37. The zero-order valence-electron chi connectivity index (χ0n) is 10.2. The topological polar surface area (TPSA) is 41.1 Å². The van der Waals surface area contributed by atoms with Gasteiger partial charge in [0.25, 0.3) is 0 Å². The Bertz CT molecular complexity index is 249. The number of carbonyl (C=O) groups is 1. The predicted octanol–water partition coefficient (Wildman–Crippen LogP) is 1.71. The molecule has 2 aliphatic rings. The van der Waals surface area contributed by atoms with Gasteiger partial charge in [-0.2, -0.15) is 0 Å². The molecule has 1 amide bonds. The molecule has 0 spiro atoms. The van der Waals surface area contributed by atoms with Crippen LogP contribution in [0, 0.1) is 11.3 Å². The lowest BCUT2D eigenvalue weighted by Crippen LogP contribution is -2.33. The Morgan fingerprint density at radius 2 is 2.19 bits per heavy atom. The smallest absolute Gasteiger partial charge is 0.221 e. The first-order valence-corrected chi connectivity index (χ1v) is 6.08. The molecule has 0 aromatic rings. The van der Waals surface area contributed by atoms with Gasteiger partial charge in [-0.15, -0.1) is 12.4 Å². The Morgan fingerprint density at radius 1 is 1.50 bits per heavy atom. The molecule has 2 rings (SSSR count). The van der Waals surface area contributed by atoms with Crippen LogP contribution in [0.25, 0.3) is 0 Å². The van der Waals surface area contributed by atoms with Gasteiger partial charge >= 0.3 is 0 Å². The van der Waals surface area contributed by atoms with Crippen LogP contribution < -0.4 is 10.6 Å². The molecule has 2 fully saturated rings. The Kier molecular flexibility index (Phi) is 4.62. The quantitative estimate of drug-likeness (QED) is 0.793. The minimum Gasteiger partial charge on any atom is -0.356 e. The van der Waals surface area contributed by atoms with E-state index in [0.717, 1.165) is 19.5 Å². The molecule has 1 saturated carbocycles. The molecular weight excluding hydrogens is 224 g/mol. The molecule has 16 heavy (non-hydrogen) atoms. The summed E-state index contributed by atoms with van der Waals surface area (Å²) in [7, 11) is 0. The maximum Gasteiger partial charge on any atom is 0.221 e. The molecule has 2 unspecified atom stereocenters. The first-order chi connectivity index (χ1) is 7.08. The summed E-state index contributed by atoms with van der Waals surface area (Å²) in [6.45, 7) is 6.48. The van der Waals surface area contributed by atoms with E-state index in [1.54, 1.807) is 0 Å². The van der Waals surface area contributed by atoms with Crippen molar-refractivity contribution < 1.29 is 4.79 Å². The third-order valence-electron chi connectivity index (χ3n) is 3.86. The van der Waals surface area contributed by atoms with Crippen molar-refractivity contribution >= 4 is 18.3 Å². The number of halogens is 1. The van der Waals surface area contributed by atoms with Gasteiger partial charge in [0.15, 0.2) is 0 Å². The van der Waals surface area contributed by atoms with E-state index in [2.05, 4.69) is 24.5 Å². The van der Waals surface area contributed by atoms with E-state index in [4.69, 9.17) is 0 Å². The van der Waals surface area contributed by atoms with Crippen molar-refractivity contribution in [3.63, 3.8) is 0 Å². The first kappa shape index (κ1) is 13.8. The standard InChI is InChI=1S/C12H22N2O.ClH/c1-12(2)7-9(12)8-14-11(15)6-10-4-3-5-13-10;/h9-10,13H,3-8H2,1-2H3,(H,14,15);1H. The van der Waals surface area contributed by atoms with Crippen LogP contribution in [0.1, 0.15) is 39.5 Å². The van der Waals surface area contributed by atoms with Crippen LogP contribution in [-0.4, -0.2) is 25.0 Å². The van der Waals surface area contributed by atoms with Gasteiger partial charge in [-0.3, -0.25) is 4.79 Å². The molecule has 1 aliphatic carbocycles. The lowest BCUT2D eigenvalue weighted by molar-refractivity contribution is -0.121. The maximum atomic E-state index is 11.6. The van der Waals surface area contributed by atoms with Crippen molar-refractivity contribution in [3.05, 3.63) is 0 Å². The normalized spacial score (nSPS) is 30.6. The van der Waals surface area contributed by atoms with E-state index < -0.39 is 0 Å². The zero-order chi connectivity index (χ0) is 10.9. The Balaban J connectivity index is 0.00000128. The van der Waals surface area contributed by atoms with Crippen molar-refractivity contribution in [1.82, 2.24) is 10.6 Å². The molecule has 0 aromatic carbocycles.